The van der Waals surface area contributed by atoms with E-state index in [0.717, 1.165) is 0 Å². The smallest absolute Gasteiger partial charge is 0.303 e. The summed E-state index contributed by atoms with van der Waals surface area (Å²) in [5.74, 6) is -0.313. The molecular weight excluding hydrogens is 338 g/mol. The van der Waals surface area contributed by atoms with Crippen LogP contribution in [0.2, 0.25) is 0 Å². The van der Waals surface area contributed by atoms with Gasteiger partial charge in [-0.25, -0.2) is 4.98 Å². The van der Waals surface area contributed by atoms with E-state index in [1.165, 1.54) is 33.6 Å². The van der Waals surface area contributed by atoms with Crippen LogP contribution in [0.1, 0.15) is 25.5 Å². The lowest BCUT2D eigenvalue weighted by molar-refractivity contribution is -0.137. The summed E-state index contributed by atoms with van der Waals surface area (Å²) in [6.45, 7) is 1.78. The third-order valence-corrected chi connectivity index (χ3v) is 4.76. The number of nitrogens with zero attached hydrogens (tertiary/aromatic N) is 2. The largest absolute Gasteiger partial charge is 0.481 e. The highest BCUT2D eigenvalue weighted by molar-refractivity contribution is 7.99. The Bertz CT molecular complexity index is 756. The molecule has 2 aromatic rings. The topological polar surface area (TPSA) is 101 Å². The van der Waals surface area contributed by atoms with Crippen LogP contribution in [0, 0.1) is 0 Å². The molecule has 1 unspecified atom stereocenters. The highest BCUT2D eigenvalue weighted by Gasteiger charge is 2.10. The maximum atomic E-state index is 11.8. The standard InChI is InChI=1S/C14H17N3O4S2/c1-9(2-3-13(20)21)15-11(18)8-22-7-10-6-12(19)17-4-5-23-14(17)16-10/h4-6,9H,2-3,7-8H2,1H3,(H,15,18)(H,20,21). The molecule has 0 spiro atoms. The fourth-order valence-corrected chi connectivity index (χ4v) is 3.41. The summed E-state index contributed by atoms with van der Waals surface area (Å²) in [7, 11) is 0. The minimum Gasteiger partial charge on any atom is -0.481 e. The summed E-state index contributed by atoms with van der Waals surface area (Å²) in [5, 5.41) is 13.1. The number of hydrogen-bond acceptors (Lipinski definition) is 6. The molecule has 23 heavy (non-hydrogen) atoms. The Morgan fingerprint density at radius 3 is 3.04 bits per heavy atom. The van der Waals surface area contributed by atoms with Crippen molar-refractivity contribution in [3.63, 3.8) is 0 Å². The number of thiazole rings is 1. The fraction of sp³-hybridized carbons (Fsp3) is 0.429. The summed E-state index contributed by atoms with van der Waals surface area (Å²) >= 11 is 2.75. The summed E-state index contributed by atoms with van der Waals surface area (Å²) in [5.41, 5.74) is 0.521. The lowest BCUT2D eigenvalue weighted by Crippen LogP contribution is -2.34. The van der Waals surface area contributed by atoms with Crippen LogP contribution >= 0.6 is 23.1 Å². The molecule has 0 aliphatic heterocycles. The van der Waals surface area contributed by atoms with Crippen molar-refractivity contribution in [2.24, 2.45) is 0 Å². The fourth-order valence-electron chi connectivity index (χ4n) is 1.94. The molecule has 0 aliphatic carbocycles. The number of carbonyl (C=O) groups excluding carboxylic acids is 1. The molecule has 2 N–H and O–H groups in total. The van der Waals surface area contributed by atoms with Gasteiger partial charge in [0.25, 0.3) is 5.56 Å². The van der Waals surface area contributed by atoms with E-state index in [-0.39, 0.29) is 29.7 Å². The molecule has 7 nitrogen and oxygen atoms in total. The van der Waals surface area contributed by atoms with E-state index in [4.69, 9.17) is 5.11 Å². The normalized spacial score (nSPS) is 12.2. The maximum absolute atomic E-state index is 11.8. The third-order valence-electron chi connectivity index (χ3n) is 3.04. The predicted octanol–water partition coefficient (Wildman–Crippen LogP) is 1.36. The molecule has 0 bridgehead atoms. The number of carbonyl (C=O) groups is 2. The number of aliphatic carboxylic acids is 1. The van der Waals surface area contributed by atoms with Gasteiger partial charge >= 0.3 is 5.97 Å². The van der Waals surface area contributed by atoms with E-state index in [2.05, 4.69) is 10.3 Å². The zero-order valence-corrected chi connectivity index (χ0v) is 14.2. The predicted molar refractivity (Wildman–Crippen MR) is 90.0 cm³/mol. The monoisotopic (exact) mass is 355 g/mol. The first-order valence-electron chi connectivity index (χ1n) is 7.00. The van der Waals surface area contributed by atoms with Crippen LogP contribution < -0.4 is 10.9 Å². The number of carboxylic acid groups (broad SMARTS) is 1. The lowest BCUT2D eigenvalue weighted by atomic mass is 10.2. The Kier molecular flexibility index (Phi) is 6.17. The highest BCUT2D eigenvalue weighted by atomic mass is 32.2. The minimum absolute atomic E-state index is 0.0310. The Morgan fingerprint density at radius 2 is 2.30 bits per heavy atom. The summed E-state index contributed by atoms with van der Waals surface area (Å²) in [6, 6.07) is 1.30. The molecule has 0 fully saturated rings. The summed E-state index contributed by atoms with van der Waals surface area (Å²) < 4.78 is 1.48. The molecule has 0 aromatic carbocycles. The molecule has 124 valence electrons. The van der Waals surface area contributed by atoms with Gasteiger partial charge in [0, 0.05) is 35.9 Å². The van der Waals surface area contributed by atoms with Gasteiger partial charge < -0.3 is 10.4 Å². The van der Waals surface area contributed by atoms with Crippen molar-refractivity contribution in [2.45, 2.75) is 31.6 Å². The second-order valence-electron chi connectivity index (χ2n) is 5.04. The van der Waals surface area contributed by atoms with Crippen LogP contribution in [0.4, 0.5) is 0 Å². The molecular formula is C14H17N3O4S2. The van der Waals surface area contributed by atoms with Gasteiger partial charge in [-0.2, -0.15) is 0 Å². The number of carboxylic acids is 1. The highest BCUT2D eigenvalue weighted by Crippen LogP contribution is 2.12. The quantitative estimate of drug-likeness (QED) is 0.741. The molecule has 2 rings (SSSR count). The number of fused-ring (bicyclic) bond motifs is 1. The van der Waals surface area contributed by atoms with Gasteiger partial charge in [-0.05, 0) is 13.3 Å². The van der Waals surface area contributed by atoms with Gasteiger partial charge in [0.2, 0.25) is 5.91 Å². The molecule has 0 saturated carbocycles. The second-order valence-corrected chi connectivity index (χ2v) is 6.89. The van der Waals surface area contributed by atoms with Gasteiger partial charge in [0.1, 0.15) is 0 Å². The number of hydrogen-bond donors (Lipinski definition) is 2. The summed E-state index contributed by atoms with van der Waals surface area (Å²) in [6.07, 6.45) is 2.11. The minimum atomic E-state index is -0.873. The van der Waals surface area contributed by atoms with Crippen molar-refractivity contribution >= 4 is 39.9 Å². The van der Waals surface area contributed by atoms with E-state index in [9.17, 15) is 14.4 Å². The molecule has 1 amide bonds. The van der Waals surface area contributed by atoms with Crippen molar-refractivity contribution in [1.29, 1.82) is 0 Å². The lowest BCUT2D eigenvalue weighted by Gasteiger charge is -2.12. The third kappa shape index (κ3) is 5.36. The average molecular weight is 355 g/mol. The number of aromatic nitrogens is 2. The Hall–Kier alpha value is -1.87. The van der Waals surface area contributed by atoms with Crippen LogP contribution in [0.3, 0.4) is 0 Å². The van der Waals surface area contributed by atoms with Gasteiger partial charge in [-0.3, -0.25) is 18.8 Å². The van der Waals surface area contributed by atoms with Crippen LogP contribution in [0.25, 0.3) is 4.96 Å². The molecule has 2 aromatic heterocycles. The van der Waals surface area contributed by atoms with Gasteiger partial charge in [0.05, 0.1) is 11.4 Å². The maximum Gasteiger partial charge on any atom is 0.303 e. The van der Waals surface area contributed by atoms with Gasteiger partial charge in [-0.15, -0.1) is 23.1 Å². The van der Waals surface area contributed by atoms with Crippen molar-refractivity contribution in [1.82, 2.24) is 14.7 Å². The van der Waals surface area contributed by atoms with Crippen LogP contribution in [-0.4, -0.2) is 38.2 Å². The molecule has 0 radical (unpaired) electrons. The van der Waals surface area contributed by atoms with Crippen molar-refractivity contribution in [3.8, 4) is 0 Å². The molecule has 9 heteroatoms. The van der Waals surface area contributed by atoms with E-state index in [0.29, 0.717) is 22.8 Å². The Morgan fingerprint density at radius 1 is 1.52 bits per heavy atom. The van der Waals surface area contributed by atoms with Crippen LogP contribution in [0.5, 0.6) is 0 Å². The first-order chi connectivity index (χ1) is 11.0. The second kappa shape index (κ2) is 8.11. The Labute approximate surface area is 140 Å². The molecule has 2 heterocycles. The molecule has 1 atom stereocenters. The van der Waals surface area contributed by atoms with E-state index in [1.54, 1.807) is 18.5 Å². The number of nitrogens with one attached hydrogen (secondary N) is 1. The zero-order chi connectivity index (χ0) is 16.8. The Balaban J connectivity index is 1.78. The average Bonchev–Trinajstić information content (AvgIpc) is 2.94. The zero-order valence-electron chi connectivity index (χ0n) is 12.5. The SMILES string of the molecule is CC(CCC(=O)O)NC(=O)CSCc1cc(=O)n2ccsc2n1. The number of thioether (sulfide) groups is 1. The van der Waals surface area contributed by atoms with Gasteiger partial charge in [0.15, 0.2) is 4.96 Å². The van der Waals surface area contributed by atoms with Gasteiger partial charge in [-0.1, -0.05) is 0 Å². The first kappa shape index (κ1) is 17.5. The molecule has 0 saturated heterocycles. The van der Waals surface area contributed by atoms with Crippen molar-refractivity contribution in [3.05, 3.63) is 33.7 Å². The number of amides is 1. The van der Waals surface area contributed by atoms with Crippen molar-refractivity contribution < 1.29 is 14.7 Å². The van der Waals surface area contributed by atoms with E-state index < -0.39 is 5.97 Å². The first-order valence-corrected chi connectivity index (χ1v) is 9.04. The van der Waals surface area contributed by atoms with Crippen LogP contribution in [-0.2, 0) is 15.3 Å². The summed E-state index contributed by atoms with van der Waals surface area (Å²) in [4.78, 5) is 39.1. The van der Waals surface area contributed by atoms with E-state index >= 15 is 0 Å². The number of rotatable bonds is 8. The molecule has 0 aliphatic rings. The van der Waals surface area contributed by atoms with Crippen molar-refractivity contribution in [2.75, 3.05) is 5.75 Å². The van der Waals surface area contributed by atoms with E-state index in [1.807, 2.05) is 0 Å². The van der Waals surface area contributed by atoms with Crippen LogP contribution in [0.15, 0.2) is 22.4 Å².